The van der Waals surface area contributed by atoms with Crippen molar-refractivity contribution in [2.45, 2.75) is 24.8 Å². The van der Waals surface area contributed by atoms with E-state index in [0.29, 0.717) is 12.0 Å². The van der Waals surface area contributed by atoms with Crippen molar-refractivity contribution >= 4 is 11.6 Å². The van der Waals surface area contributed by atoms with E-state index in [9.17, 15) is 9.50 Å². The maximum Gasteiger partial charge on any atom is 0.198 e. The summed E-state index contributed by atoms with van der Waals surface area (Å²) in [5.74, 6) is -1.17. The standard InChI is InChI=1S/C11H13ClFNO2/c1-16-10-8(13)7(12)4-6(9(10)15)5-11(14)2-3-11/h4,15H,2-3,5,14H2,1H3. The van der Waals surface area contributed by atoms with Crippen molar-refractivity contribution in [1.82, 2.24) is 0 Å². The lowest BCUT2D eigenvalue weighted by molar-refractivity contribution is 0.348. The van der Waals surface area contributed by atoms with Crippen molar-refractivity contribution in [3.63, 3.8) is 0 Å². The van der Waals surface area contributed by atoms with E-state index >= 15 is 0 Å². The number of phenols is 1. The van der Waals surface area contributed by atoms with Gasteiger partial charge in [0.25, 0.3) is 0 Å². The van der Waals surface area contributed by atoms with Crippen molar-refractivity contribution < 1.29 is 14.2 Å². The van der Waals surface area contributed by atoms with Gasteiger partial charge in [0.1, 0.15) is 0 Å². The lowest BCUT2D eigenvalue weighted by Crippen LogP contribution is -2.24. The Morgan fingerprint density at radius 2 is 2.25 bits per heavy atom. The number of hydrogen-bond acceptors (Lipinski definition) is 3. The van der Waals surface area contributed by atoms with Gasteiger partial charge in [-0.05, 0) is 25.3 Å². The van der Waals surface area contributed by atoms with Crippen LogP contribution in [-0.4, -0.2) is 17.8 Å². The lowest BCUT2D eigenvalue weighted by atomic mass is 10.0. The van der Waals surface area contributed by atoms with Gasteiger partial charge in [-0.3, -0.25) is 0 Å². The molecule has 0 aliphatic heterocycles. The molecule has 1 saturated carbocycles. The maximum atomic E-state index is 13.4. The number of hydrogen-bond donors (Lipinski definition) is 2. The predicted molar refractivity (Wildman–Crippen MR) is 59.5 cm³/mol. The highest BCUT2D eigenvalue weighted by Crippen LogP contribution is 2.42. The number of benzene rings is 1. The molecule has 0 bridgehead atoms. The minimum atomic E-state index is -0.743. The molecule has 3 N–H and O–H groups in total. The summed E-state index contributed by atoms with van der Waals surface area (Å²) in [7, 11) is 1.29. The molecule has 1 aliphatic rings. The Morgan fingerprint density at radius 1 is 1.62 bits per heavy atom. The average molecular weight is 246 g/mol. The van der Waals surface area contributed by atoms with Crippen LogP contribution in [0.2, 0.25) is 5.02 Å². The molecule has 1 aliphatic carbocycles. The molecule has 5 heteroatoms. The number of phenolic OH excluding ortho intramolecular Hbond substituents is 1. The van der Waals surface area contributed by atoms with Crippen molar-refractivity contribution in [1.29, 1.82) is 0 Å². The van der Waals surface area contributed by atoms with Crippen LogP contribution in [0.3, 0.4) is 0 Å². The molecule has 1 aromatic carbocycles. The smallest absolute Gasteiger partial charge is 0.198 e. The minimum Gasteiger partial charge on any atom is -0.504 e. The Balaban J connectivity index is 2.41. The van der Waals surface area contributed by atoms with E-state index < -0.39 is 5.82 Å². The van der Waals surface area contributed by atoms with Gasteiger partial charge in [-0.15, -0.1) is 0 Å². The number of halogens is 2. The van der Waals surface area contributed by atoms with Gasteiger partial charge in [-0.2, -0.15) is 0 Å². The third-order valence-corrected chi connectivity index (χ3v) is 3.14. The van der Waals surface area contributed by atoms with Gasteiger partial charge in [0.05, 0.1) is 12.1 Å². The van der Waals surface area contributed by atoms with Gasteiger partial charge >= 0.3 is 0 Å². The van der Waals surface area contributed by atoms with Crippen molar-refractivity contribution in [2.24, 2.45) is 5.73 Å². The highest BCUT2D eigenvalue weighted by atomic mass is 35.5. The first-order valence-corrected chi connectivity index (χ1v) is 5.37. The van der Waals surface area contributed by atoms with Crippen LogP contribution in [0.15, 0.2) is 6.07 Å². The van der Waals surface area contributed by atoms with Gasteiger partial charge in [-0.1, -0.05) is 11.6 Å². The predicted octanol–water partition coefficient (Wildman–Crippen LogP) is 2.23. The lowest BCUT2D eigenvalue weighted by Gasteiger charge is -2.14. The number of aromatic hydroxyl groups is 1. The third kappa shape index (κ3) is 1.95. The molecule has 0 amide bonds. The Hall–Kier alpha value is -1.00. The van der Waals surface area contributed by atoms with Gasteiger partial charge in [-0.25, -0.2) is 4.39 Å². The van der Waals surface area contributed by atoms with Crippen LogP contribution >= 0.6 is 11.6 Å². The number of methoxy groups -OCH3 is 1. The molecule has 2 rings (SSSR count). The summed E-state index contributed by atoms with van der Waals surface area (Å²) in [6.07, 6.45) is 2.29. The van der Waals surface area contributed by atoms with E-state index in [2.05, 4.69) is 0 Å². The van der Waals surface area contributed by atoms with Crippen LogP contribution in [0.4, 0.5) is 4.39 Å². The normalized spacial score (nSPS) is 17.2. The average Bonchev–Trinajstić information content (AvgIpc) is 2.94. The van der Waals surface area contributed by atoms with E-state index in [1.54, 1.807) is 0 Å². The van der Waals surface area contributed by atoms with E-state index in [1.165, 1.54) is 13.2 Å². The fraction of sp³-hybridized carbons (Fsp3) is 0.455. The molecular weight excluding hydrogens is 233 g/mol. The largest absolute Gasteiger partial charge is 0.504 e. The summed E-state index contributed by atoms with van der Waals surface area (Å²) in [5.41, 5.74) is 6.20. The SMILES string of the molecule is COc1c(O)c(CC2(N)CC2)cc(Cl)c1F. The second-order valence-corrected chi connectivity index (χ2v) is 4.66. The molecule has 3 nitrogen and oxygen atoms in total. The van der Waals surface area contributed by atoms with Gasteiger partial charge in [0, 0.05) is 11.1 Å². The highest BCUT2D eigenvalue weighted by Gasteiger charge is 2.39. The van der Waals surface area contributed by atoms with E-state index in [4.69, 9.17) is 22.1 Å². The zero-order valence-electron chi connectivity index (χ0n) is 8.89. The fourth-order valence-corrected chi connectivity index (χ4v) is 1.90. The van der Waals surface area contributed by atoms with E-state index in [1.807, 2.05) is 0 Å². The zero-order valence-corrected chi connectivity index (χ0v) is 9.64. The van der Waals surface area contributed by atoms with Crippen molar-refractivity contribution in [3.05, 3.63) is 22.5 Å². The topological polar surface area (TPSA) is 55.5 Å². The fourth-order valence-electron chi connectivity index (χ4n) is 1.68. The monoisotopic (exact) mass is 245 g/mol. The summed E-state index contributed by atoms with van der Waals surface area (Å²) >= 11 is 5.71. The molecule has 0 saturated heterocycles. The van der Waals surface area contributed by atoms with Crippen LogP contribution in [0.25, 0.3) is 0 Å². The summed E-state index contributed by atoms with van der Waals surface area (Å²) < 4.78 is 18.2. The molecule has 0 unspecified atom stereocenters. The van der Waals surface area contributed by atoms with Crippen LogP contribution in [0.5, 0.6) is 11.5 Å². The van der Waals surface area contributed by atoms with Crippen LogP contribution in [0.1, 0.15) is 18.4 Å². The summed E-state index contributed by atoms with van der Waals surface area (Å²) in [6.45, 7) is 0. The molecule has 0 radical (unpaired) electrons. The Kier molecular flexibility index (Phi) is 2.72. The van der Waals surface area contributed by atoms with Gasteiger partial charge in [0.15, 0.2) is 17.3 Å². The Labute approximate surface area is 98.0 Å². The molecular formula is C11H13ClFNO2. The summed E-state index contributed by atoms with van der Waals surface area (Å²) in [5, 5.41) is 9.74. The van der Waals surface area contributed by atoms with Crippen LogP contribution < -0.4 is 10.5 Å². The molecule has 0 aromatic heterocycles. The number of nitrogens with two attached hydrogens (primary N) is 1. The number of ether oxygens (including phenoxy) is 1. The first-order valence-electron chi connectivity index (χ1n) is 4.99. The van der Waals surface area contributed by atoms with Gasteiger partial charge in [0.2, 0.25) is 0 Å². The highest BCUT2D eigenvalue weighted by molar-refractivity contribution is 6.31. The Bertz CT molecular complexity index is 432. The molecule has 0 heterocycles. The summed E-state index contributed by atoms with van der Waals surface area (Å²) in [4.78, 5) is 0. The molecule has 88 valence electrons. The second kappa shape index (κ2) is 3.79. The first-order chi connectivity index (χ1) is 7.47. The molecule has 1 fully saturated rings. The first kappa shape index (κ1) is 11.5. The zero-order chi connectivity index (χ0) is 11.9. The quantitative estimate of drug-likeness (QED) is 0.859. The van der Waals surface area contributed by atoms with Gasteiger partial charge < -0.3 is 15.6 Å². The van der Waals surface area contributed by atoms with Crippen molar-refractivity contribution in [3.8, 4) is 11.5 Å². The molecule has 0 spiro atoms. The summed E-state index contributed by atoms with van der Waals surface area (Å²) in [6, 6.07) is 1.40. The third-order valence-electron chi connectivity index (χ3n) is 2.87. The van der Waals surface area contributed by atoms with E-state index in [0.717, 1.165) is 12.8 Å². The molecule has 0 atom stereocenters. The maximum absolute atomic E-state index is 13.4. The van der Waals surface area contributed by atoms with Crippen LogP contribution in [0, 0.1) is 5.82 Å². The van der Waals surface area contributed by atoms with Crippen molar-refractivity contribution in [2.75, 3.05) is 7.11 Å². The minimum absolute atomic E-state index is 0.0612. The molecule has 16 heavy (non-hydrogen) atoms. The van der Waals surface area contributed by atoms with E-state index in [-0.39, 0.29) is 22.1 Å². The Morgan fingerprint density at radius 3 is 2.75 bits per heavy atom. The second-order valence-electron chi connectivity index (χ2n) is 4.25. The number of rotatable bonds is 3. The van der Waals surface area contributed by atoms with Crippen LogP contribution in [-0.2, 0) is 6.42 Å². The molecule has 1 aromatic rings.